The van der Waals surface area contributed by atoms with Crippen molar-refractivity contribution in [3.8, 4) is 0 Å². The molecule has 0 spiro atoms. The van der Waals surface area contributed by atoms with Gasteiger partial charge in [0.1, 0.15) is 0 Å². The molecule has 1 N–H and O–H groups in total. The summed E-state index contributed by atoms with van der Waals surface area (Å²) in [6, 6.07) is 8.83. The van der Waals surface area contributed by atoms with Crippen LogP contribution in [-0.4, -0.2) is 17.7 Å². The number of para-hydroxylation sites is 1. The molecular formula is C18H24N2. The number of rotatable bonds is 5. The van der Waals surface area contributed by atoms with E-state index in [-0.39, 0.29) is 0 Å². The average Bonchev–Trinajstić information content (AvgIpc) is 2.88. The summed E-state index contributed by atoms with van der Waals surface area (Å²) in [7, 11) is 0. The maximum atomic E-state index is 3.40. The Morgan fingerprint density at radius 1 is 1.20 bits per heavy atom. The molecule has 0 saturated heterocycles. The molecule has 0 atom stereocenters. The first-order valence-electron chi connectivity index (χ1n) is 7.88. The van der Waals surface area contributed by atoms with Crippen molar-refractivity contribution in [3.63, 3.8) is 0 Å². The normalized spacial score (nSPS) is 15.6. The third-order valence-electron chi connectivity index (χ3n) is 4.20. The number of unbranched alkanes of at least 4 members (excludes halogenated alkanes) is 2. The summed E-state index contributed by atoms with van der Waals surface area (Å²) >= 11 is 0. The molecule has 2 aromatic rings. The van der Waals surface area contributed by atoms with E-state index in [9.17, 15) is 0 Å². The van der Waals surface area contributed by atoms with Crippen LogP contribution in [0.5, 0.6) is 0 Å². The zero-order chi connectivity index (χ0) is 13.8. The Morgan fingerprint density at radius 2 is 2.10 bits per heavy atom. The summed E-state index contributed by atoms with van der Waals surface area (Å²) in [4.78, 5) is 0. The molecule has 1 aliphatic heterocycles. The van der Waals surface area contributed by atoms with E-state index >= 15 is 0 Å². The highest BCUT2D eigenvalue weighted by Crippen LogP contribution is 2.30. The van der Waals surface area contributed by atoms with Crippen LogP contribution in [0.4, 0.5) is 0 Å². The van der Waals surface area contributed by atoms with Gasteiger partial charge in [-0.15, -0.1) is 0 Å². The van der Waals surface area contributed by atoms with Gasteiger partial charge in [-0.05, 0) is 31.0 Å². The molecule has 1 aromatic carbocycles. The molecule has 2 heteroatoms. The fraction of sp³-hybridized carbons (Fsp3) is 0.444. The molecular weight excluding hydrogens is 244 g/mol. The number of hydrogen-bond acceptors (Lipinski definition) is 1. The monoisotopic (exact) mass is 268 g/mol. The lowest BCUT2D eigenvalue weighted by Gasteiger charge is -2.13. The molecule has 2 nitrogen and oxygen atoms in total. The van der Waals surface area contributed by atoms with Crippen LogP contribution in [0.2, 0.25) is 0 Å². The van der Waals surface area contributed by atoms with Gasteiger partial charge in [0, 0.05) is 35.8 Å². The van der Waals surface area contributed by atoms with Gasteiger partial charge in [-0.1, -0.05) is 44.0 Å². The largest absolute Gasteiger partial charge is 0.347 e. The van der Waals surface area contributed by atoms with Gasteiger partial charge in [0.15, 0.2) is 0 Å². The maximum Gasteiger partial charge on any atom is 0.0486 e. The van der Waals surface area contributed by atoms with Crippen molar-refractivity contribution in [2.45, 2.75) is 39.2 Å². The standard InChI is InChI=1S/C18H24N2/c1-2-3-6-13-20-14-17(15-9-11-19-12-10-15)16-7-4-5-8-18(16)20/h4-5,7-9,14,19H,2-3,6,10-13H2,1H3. The predicted octanol–water partition coefficient (Wildman–Crippen LogP) is 4.21. The van der Waals surface area contributed by atoms with Gasteiger partial charge in [0.2, 0.25) is 0 Å². The quantitative estimate of drug-likeness (QED) is 0.804. The van der Waals surface area contributed by atoms with E-state index in [0.29, 0.717) is 0 Å². The number of aryl methyl sites for hydroxylation is 1. The van der Waals surface area contributed by atoms with E-state index in [4.69, 9.17) is 0 Å². The van der Waals surface area contributed by atoms with Gasteiger partial charge in [-0.25, -0.2) is 0 Å². The van der Waals surface area contributed by atoms with Crippen LogP contribution in [0.1, 0.15) is 38.2 Å². The fourth-order valence-electron chi connectivity index (χ4n) is 3.09. The highest BCUT2D eigenvalue weighted by Gasteiger charge is 2.13. The SMILES string of the molecule is CCCCCn1cc(C2=CCNCC2)c2ccccc21. The highest BCUT2D eigenvalue weighted by atomic mass is 15.0. The van der Waals surface area contributed by atoms with Crippen molar-refractivity contribution in [2.75, 3.05) is 13.1 Å². The van der Waals surface area contributed by atoms with Gasteiger partial charge in [-0.3, -0.25) is 0 Å². The highest BCUT2D eigenvalue weighted by molar-refractivity contribution is 5.93. The number of benzene rings is 1. The first kappa shape index (κ1) is 13.4. The van der Waals surface area contributed by atoms with Crippen LogP contribution >= 0.6 is 0 Å². The van der Waals surface area contributed by atoms with Crippen molar-refractivity contribution in [2.24, 2.45) is 0 Å². The van der Waals surface area contributed by atoms with Crippen LogP contribution in [0.15, 0.2) is 36.5 Å². The van der Waals surface area contributed by atoms with Gasteiger partial charge >= 0.3 is 0 Å². The van der Waals surface area contributed by atoms with E-state index < -0.39 is 0 Å². The lowest BCUT2D eigenvalue weighted by atomic mass is 10.00. The molecule has 0 radical (unpaired) electrons. The molecule has 0 aliphatic carbocycles. The second-order valence-corrected chi connectivity index (χ2v) is 5.64. The minimum Gasteiger partial charge on any atom is -0.347 e. The summed E-state index contributed by atoms with van der Waals surface area (Å²) in [5.74, 6) is 0. The van der Waals surface area contributed by atoms with Crippen molar-refractivity contribution in [1.29, 1.82) is 0 Å². The van der Waals surface area contributed by atoms with Crippen molar-refractivity contribution >= 4 is 16.5 Å². The smallest absolute Gasteiger partial charge is 0.0486 e. The molecule has 3 rings (SSSR count). The van der Waals surface area contributed by atoms with Crippen LogP contribution in [-0.2, 0) is 6.54 Å². The van der Waals surface area contributed by atoms with Gasteiger partial charge in [-0.2, -0.15) is 0 Å². The fourth-order valence-corrected chi connectivity index (χ4v) is 3.09. The van der Waals surface area contributed by atoms with Crippen LogP contribution in [0.25, 0.3) is 16.5 Å². The van der Waals surface area contributed by atoms with Gasteiger partial charge in [0.25, 0.3) is 0 Å². The molecule has 0 saturated carbocycles. The van der Waals surface area contributed by atoms with Gasteiger partial charge in [0.05, 0.1) is 0 Å². The maximum absolute atomic E-state index is 3.40. The Labute approximate surface area is 121 Å². The Hall–Kier alpha value is -1.54. The van der Waals surface area contributed by atoms with E-state index in [2.05, 4.69) is 53.3 Å². The summed E-state index contributed by atoms with van der Waals surface area (Å²) in [5, 5.41) is 4.81. The Kier molecular flexibility index (Phi) is 4.22. The van der Waals surface area contributed by atoms with Crippen LogP contribution in [0, 0.1) is 0 Å². The first-order chi connectivity index (χ1) is 9.90. The Balaban J connectivity index is 1.97. The molecule has 1 aromatic heterocycles. The van der Waals surface area contributed by atoms with E-state index in [1.807, 2.05) is 0 Å². The minimum absolute atomic E-state index is 1.00. The van der Waals surface area contributed by atoms with Crippen LogP contribution < -0.4 is 5.32 Å². The number of aromatic nitrogens is 1. The number of fused-ring (bicyclic) bond motifs is 1. The second-order valence-electron chi connectivity index (χ2n) is 5.64. The molecule has 0 unspecified atom stereocenters. The Bertz CT molecular complexity index is 607. The lowest BCUT2D eigenvalue weighted by Crippen LogP contribution is -2.19. The summed E-state index contributed by atoms with van der Waals surface area (Å²) in [6.45, 7) is 5.50. The molecule has 1 aliphatic rings. The third-order valence-corrected chi connectivity index (χ3v) is 4.20. The molecule has 2 heterocycles. The number of hydrogen-bond donors (Lipinski definition) is 1. The number of nitrogens with one attached hydrogen (secondary N) is 1. The molecule has 0 bridgehead atoms. The predicted molar refractivity (Wildman–Crippen MR) is 86.9 cm³/mol. The number of nitrogens with zero attached hydrogens (tertiary/aromatic N) is 1. The summed E-state index contributed by atoms with van der Waals surface area (Å²) in [5.41, 5.74) is 4.34. The van der Waals surface area contributed by atoms with E-state index in [1.54, 1.807) is 0 Å². The zero-order valence-electron chi connectivity index (χ0n) is 12.4. The molecule has 0 amide bonds. The lowest BCUT2D eigenvalue weighted by molar-refractivity contribution is 0.616. The topological polar surface area (TPSA) is 17.0 Å². The first-order valence-corrected chi connectivity index (χ1v) is 7.88. The zero-order valence-corrected chi connectivity index (χ0v) is 12.4. The molecule has 20 heavy (non-hydrogen) atoms. The van der Waals surface area contributed by atoms with Crippen molar-refractivity contribution < 1.29 is 0 Å². The van der Waals surface area contributed by atoms with Crippen LogP contribution in [0.3, 0.4) is 0 Å². The Morgan fingerprint density at radius 3 is 2.90 bits per heavy atom. The van der Waals surface area contributed by atoms with Crippen molar-refractivity contribution in [1.82, 2.24) is 9.88 Å². The average molecular weight is 268 g/mol. The summed E-state index contributed by atoms with van der Waals surface area (Å²) in [6.07, 6.45) is 9.73. The second kappa shape index (κ2) is 6.27. The van der Waals surface area contributed by atoms with E-state index in [1.165, 1.54) is 41.3 Å². The van der Waals surface area contributed by atoms with Crippen molar-refractivity contribution in [3.05, 3.63) is 42.1 Å². The molecule has 106 valence electrons. The molecule has 0 fully saturated rings. The van der Waals surface area contributed by atoms with Gasteiger partial charge < -0.3 is 9.88 Å². The summed E-state index contributed by atoms with van der Waals surface area (Å²) < 4.78 is 2.45. The minimum atomic E-state index is 1.00. The van der Waals surface area contributed by atoms with E-state index in [0.717, 1.165) is 26.1 Å². The third kappa shape index (κ3) is 2.66.